The van der Waals surface area contributed by atoms with Gasteiger partial charge in [-0.15, -0.1) is 0 Å². The van der Waals surface area contributed by atoms with E-state index in [4.69, 9.17) is 9.47 Å². The van der Waals surface area contributed by atoms with E-state index in [1.807, 2.05) is 0 Å². The maximum absolute atomic E-state index is 12.9. The van der Waals surface area contributed by atoms with E-state index >= 15 is 0 Å². The maximum Gasteiger partial charge on any atom is 0.332 e. The molecule has 12 nitrogen and oxygen atoms in total. The molecule has 0 bridgehead atoms. The Morgan fingerprint density at radius 2 is 1.80 bits per heavy atom. The molecule has 2 amide bonds. The lowest BCUT2D eigenvalue weighted by Crippen LogP contribution is -2.42. The van der Waals surface area contributed by atoms with Crippen molar-refractivity contribution in [3.63, 3.8) is 0 Å². The van der Waals surface area contributed by atoms with E-state index in [2.05, 4.69) is 15.6 Å². The van der Waals surface area contributed by atoms with Gasteiger partial charge in [0.05, 0.1) is 17.6 Å². The number of hydrogen-bond acceptors (Lipinski definition) is 7. The third-order valence-electron chi connectivity index (χ3n) is 5.58. The number of anilines is 2. The van der Waals surface area contributed by atoms with Crippen molar-refractivity contribution in [3.8, 4) is 11.5 Å². The van der Waals surface area contributed by atoms with Crippen molar-refractivity contribution in [1.29, 1.82) is 0 Å². The zero-order valence-corrected chi connectivity index (χ0v) is 18.8. The molecule has 5 rings (SSSR count). The number of carbonyl (C=O) groups is 2. The van der Waals surface area contributed by atoms with Gasteiger partial charge >= 0.3 is 5.69 Å². The number of imidazole rings is 1. The maximum atomic E-state index is 12.9. The number of carbonyl (C=O) groups excluding carboxylic acids is 2. The van der Waals surface area contributed by atoms with Gasteiger partial charge in [-0.05, 0) is 24.3 Å². The monoisotopic (exact) mass is 476 g/mol. The SMILES string of the molecule is Cn1cnc2c1c(=O)n(CC(=O)Nc1ccccc1C(=O)Nc1ccc3c(c1)OCO3)c(=O)n2C. The fourth-order valence-corrected chi connectivity index (χ4v) is 3.83. The topological polar surface area (TPSA) is 138 Å². The van der Waals surface area contributed by atoms with Crippen LogP contribution in [0.1, 0.15) is 10.4 Å². The summed E-state index contributed by atoms with van der Waals surface area (Å²) in [4.78, 5) is 55.3. The molecular formula is C23H20N6O6. The molecule has 0 saturated heterocycles. The molecule has 0 atom stereocenters. The van der Waals surface area contributed by atoms with Gasteiger partial charge in [0, 0.05) is 25.8 Å². The molecule has 0 aliphatic carbocycles. The first kappa shape index (κ1) is 21.9. The van der Waals surface area contributed by atoms with Crippen LogP contribution in [0.15, 0.2) is 58.4 Å². The first-order valence-electron chi connectivity index (χ1n) is 10.5. The molecule has 2 aromatic heterocycles. The van der Waals surface area contributed by atoms with Crippen molar-refractivity contribution in [2.45, 2.75) is 6.54 Å². The number of fused-ring (bicyclic) bond motifs is 2. The summed E-state index contributed by atoms with van der Waals surface area (Å²) < 4.78 is 14.1. The van der Waals surface area contributed by atoms with E-state index in [0.29, 0.717) is 17.2 Å². The molecule has 2 N–H and O–H groups in total. The number of aromatic nitrogens is 4. The van der Waals surface area contributed by atoms with Crippen molar-refractivity contribution in [3.05, 3.63) is 75.2 Å². The third-order valence-corrected chi connectivity index (χ3v) is 5.58. The van der Waals surface area contributed by atoms with Gasteiger partial charge in [-0.25, -0.2) is 14.3 Å². The Balaban J connectivity index is 1.38. The summed E-state index contributed by atoms with van der Waals surface area (Å²) in [6, 6.07) is 11.4. The highest BCUT2D eigenvalue weighted by molar-refractivity contribution is 6.10. The molecule has 0 radical (unpaired) electrons. The highest BCUT2D eigenvalue weighted by Gasteiger charge is 2.19. The number of nitrogens with zero attached hydrogens (tertiary/aromatic N) is 4. The van der Waals surface area contributed by atoms with Crippen LogP contribution < -0.4 is 31.4 Å². The molecule has 0 unspecified atom stereocenters. The van der Waals surface area contributed by atoms with Crippen LogP contribution in [0.4, 0.5) is 11.4 Å². The molecule has 0 saturated carbocycles. The summed E-state index contributed by atoms with van der Waals surface area (Å²) in [5.74, 6) is -0.0126. The highest BCUT2D eigenvalue weighted by atomic mass is 16.7. The zero-order valence-electron chi connectivity index (χ0n) is 18.8. The Labute approximate surface area is 197 Å². The molecule has 35 heavy (non-hydrogen) atoms. The van der Waals surface area contributed by atoms with Gasteiger partial charge in [0.25, 0.3) is 11.5 Å². The van der Waals surface area contributed by atoms with Crippen molar-refractivity contribution in [2.24, 2.45) is 14.1 Å². The van der Waals surface area contributed by atoms with E-state index in [1.54, 1.807) is 49.5 Å². The quantitative estimate of drug-likeness (QED) is 0.439. The normalized spacial score (nSPS) is 12.1. The predicted molar refractivity (Wildman–Crippen MR) is 126 cm³/mol. The van der Waals surface area contributed by atoms with Crippen molar-refractivity contribution in [1.82, 2.24) is 18.7 Å². The molecule has 1 aliphatic rings. The fraction of sp³-hybridized carbons (Fsp3) is 0.174. The second-order valence-corrected chi connectivity index (χ2v) is 7.88. The lowest BCUT2D eigenvalue weighted by atomic mass is 10.1. The number of benzene rings is 2. The minimum absolute atomic E-state index is 0.112. The van der Waals surface area contributed by atoms with Gasteiger partial charge in [-0.1, -0.05) is 12.1 Å². The lowest BCUT2D eigenvalue weighted by Gasteiger charge is -2.13. The van der Waals surface area contributed by atoms with Crippen molar-refractivity contribution in [2.75, 3.05) is 17.4 Å². The molecule has 0 spiro atoms. The number of amides is 2. The van der Waals surface area contributed by atoms with E-state index in [9.17, 15) is 19.2 Å². The van der Waals surface area contributed by atoms with E-state index in [0.717, 1.165) is 4.57 Å². The molecular weight excluding hydrogens is 456 g/mol. The molecule has 178 valence electrons. The standard InChI is InChI=1S/C23H20N6O6/c1-27-11-24-20-19(27)22(32)29(23(33)28(20)2)10-18(30)26-15-6-4-3-5-14(15)21(31)25-13-7-8-16-17(9-13)35-12-34-16/h3-9,11H,10,12H2,1-2H3,(H,25,31)(H,26,30). The van der Waals surface area contributed by atoms with Crippen LogP contribution in [0.2, 0.25) is 0 Å². The minimum atomic E-state index is -0.676. The van der Waals surface area contributed by atoms with Crippen molar-refractivity contribution >= 4 is 34.4 Å². The molecule has 4 aromatic rings. The summed E-state index contributed by atoms with van der Waals surface area (Å²) in [5, 5.41) is 5.38. The van der Waals surface area contributed by atoms with E-state index in [1.165, 1.54) is 22.5 Å². The third kappa shape index (κ3) is 3.90. The smallest absolute Gasteiger partial charge is 0.332 e. The second kappa shape index (κ2) is 8.48. The number of ether oxygens (including phenoxy) is 2. The Hall–Kier alpha value is -4.87. The number of rotatable bonds is 5. The van der Waals surface area contributed by atoms with Gasteiger partial charge in [0.15, 0.2) is 22.7 Å². The Morgan fingerprint density at radius 3 is 2.63 bits per heavy atom. The van der Waals surface area contributed by atoms with Crippen LogP contribution in [-0.4, -0.2) is 37.3 Å². The van der Waals surface area contributed by atoms with Gasteiger partial charge in [-0.3, -0.25) is 19.0 Å². The van der Waals surface area contributed by atoms with Gasteiger partial charge in [0.2, 0.25) is 12.7 Å². The summed E-state index contributed by atoms with van der Waals surface area (Å²) >= 11 is 0. The fourth-order valence-electron chi connectivity index (χ4n) is 3.83. The van der Waals surface area contributed by atoms with E-state index < -0.39 is 29.6 Å². The average Bonchev–Trinajstić information content (AvgIpc) is 3.47. The first-order valence-corrected chi connectivity index (χ1v) is 10.5. The van der Waals surface area contributed by atoms with Crippen LogP contribution in [0.5, 0.6) is 11.5 Å². The van der Waals surface area contributed by atoms with Crippen LogP contribution in [0.3, 0.4) is 0 Å². The summed E-state index contributed by atoms with van der Waals surface area (Å²) in [6.45, 7) is -0.425. The van der Waals surface area contributed by atoms with Crippen LogP contribution in [-0.2, 0) is 25.4 Å². The van der Waals surface area contributed by atoms with Crippen LogP contribution in [0, 0.1) is 0 Å². The van der Waals surface area contributed by atoms with E-state index in [-0.39, 0.29) is 29.2 Å². The predicted octanol–water partition coefficient (Wildman–Crippen LogP) is 1.05. The second-order valence-electron chi connectivity index (χ2n) is 7.88. The minimum Gasteiger partial charge on any atom is -0.454 e. The van der Waals surface area contributed by atoms with Crippen LogP contribution in [0.25, 0.3) is 11.2 Å². The summed E-state index contributed by atoms with van der Waals surface area (Å²) in [7, 11) is 3.10. The lowest BCUT2D eigenvalue weighted by molar-refractivity contribution is -0.116. The molecule has 12 heteroatoms. The van der Waals surface area contributed by atoms with Crippen molar-refractivity contribution < 1.29 is 19.1 Å². The number of hydrogen-bond donors (Lipinski definition) is 2. The van der Waals surface area contributed by atoms with Gasteiger partial charge < -0.3 is 24.7 Å². The highest BCUT2D eigenvalue weighted by Crippen LogP contribution is 2.34. The van der Waals surface area contributed by atoms with Crippen LogP contribution >= 0.6 is 0 Å². The number of para-hydroxylation sites is 1. The summed E-state index contributed by atoms with van der Waals surface area (Å²) in [6.07, 6.45) is 1.42. The largest absolute Gasteiger partial charge is 0.454 e. The zero-order chi connectivity index (χ0) is 24.7. The number of aryl methyl sites for hydroxylation is 2. The Kier molecular flexibility index (Phi) is 5.32. The average molecular weight is 476 g/mol. The molecule has 1 aliphatic heterocycles. The first-order chi connectivity index (χ1) is 16.8. The van der Waals surface area contributed by atoms with Gasteiger partial charge in [-0.2, -0.15) is 0 Å². The van der Waals surface area contributed by atoms with Gasteiger partial charge in [0.1, 0.15) is 6.54 Å². The Morgan fingerprint density at radius 1 is 1.03 bits per heavy atom. The molecule has 3 heterocycles. The summed E-state index contributed by atoms with van der Waals surface area (Å²) in [5.41, 5.74) is 0.0216. The Bertz CT molecular complexity index is 1620. The molecule has 0 fully saturated rings. The molecule has 2 aromatic carbocycles. The number of nitrogens with one attached hydrogen (secondary N) is 2.